The van der Waals surface area contributed by atoms with Gasteiger partial charge in [-0.1, -0.05) is 106 Å². The third kappa shape index (κ3) is 8.14. The molecule has 0 saturated heterocycles. The number of benzene rings is 3. The van der Waals surface area contributed by atoms with Crippen LogP contribution in [0.3, 0.4) is 0 Å². The summed E-state index contributed by atoms with van der Waals surface area (Å²) in [7, 11) is -5.93. The zero-order chi connectivity index (χ0) is 32.3. The van der Waals surface area contributed by atoms with Crippen molar-refractivity contribution >= 4 is 35.2 Å². The molecule has 0 amide bonds. The molecular weight excluding hydrogens is 611 g/mol. The Labute approximate surface area is 268 Å². The van der Waals surface area contributed by atoms with E-state index in [4.69, 9.17) is 13.9 Å². The van der Waals surface area contributed by atoms with Crippen LogP contribution < -0.4 is 9.47 Å². The normalized spacial score (nSPS) is 16.4. The van der Waals surface area contributed by atoms with Crippen molar-refractivity contribution in [1.82, 2.24) is 4.31 Å². The summed E-state index contributed by atoms with van der Waals surface area (Å²) in [5.74, 6) is 0.776. The van der Waals surface area contributed by atoms with Crippen molar-refractivity contribution in [1.29, 1.82) is 0 Å². The van der Waals surface area contributed by atoms with E-state index >= 15 is 0 Å². The van der Waals surface area contributed by atoms with Crippen molar-refractivity contribution in [3.8, 4) is 11.5 Å². The van der Waals surface area contributed by atoms with Crippen LogP contribution in [0.4, 0.5) is 0 Å². The summed E-state index contributed by atoms with van der Waals surface area (Å²) in [5, 5.41) is -0.596. The maximum atomic E-state index is 14.3. The minimum Gasteiger partial charge on any atom is -0.454 e. The molecule has 0 spiro atoms. The van der Waals surface area contributed by atoms with Crippen molar-refractivity contribution < 1.29 is 27.1 Å². The molecule has 7 nitrogen and oxygen atoms in total. The zero-order valence-electron chi connectivity index (χ0n) is 26.9. The van der Waals surface area contributed by atoms with Gasteiger partial charge in [-0.15, -0.1) is 0 Å². The quantitative estimate of drug-likeness (QED) is 0.183. The summed E-state index contributed by atoms with van der Waals surface area (Å²) in [6, 6.07) is 24.4. The van der Waals surface area contributed by atoms with Crippen LogP contribution in [0.5, 0.6) is 11.5 Å². The van der Waals surface area contributed by atoms with Crippen LogP contribution in [-0.4, -0.2) is 45.2 Å². The molecular formula is C34H45NO6S2Si. The number of thioether (sulfide) groups is 1. The van der Waals surface area contributed by atoms with Crippen LogP contribution in [0.2, 0.25) is 18.1 Å². The van der Waals surface area contributed by atoms with Gasteiger partial charge < -0.3 is 13.9 Å². The maximum absolute atomic E-state index is 14.3. The Kier molecular flexibility index (Phi) is 10.7. The minimum atomic E-state index is -3.61. The summed E-state index contributed by atoms with van der Waals surface area (Å²) in [6.45, 7) is 15.1. The van der Waals surface area contributed by atoms with E-state index in [0.29, 0.717) is 11.5 Å². The molecule has 3 aromatic carbocycles. The van der Waals surface area contributed by atoms with Gasteiger partial charge in [0.25, 0.3) is 0 Å². The van der Waals surface area contributed by atoms with Gasteiger partial charge in [0, 0.05) is 12.6 Å². The lowest BCUT2D eigenvalue weighted by molar-refractivity contribution is -0.116. The molecule has 0 aromatic heterocycles. The summed E-state index contributed by atoms with van der Waals surface area (Å²) < 4.78 is 46.0. The number of rotatable bonds is 12. The van der Waals surface area contributed by atoms with E-state index in [-0.39, 0.29) is 23.5 Å². The van der Waals surface area contributed by atoms with E-state index in [1.807, 2.05) is 92.7 Å². The van der Waals surface area contributed by atoms with E-state index in [1.165, 1.54) is 22.3 Å². The highest BCUT2D eigenvalue weighted by molar-refractivity contribution is 8.13. The van der Waals surface area contributed by atoms with E-state index in [0.717, 1.165) is 16.7 Å². The van der Waals surface area contributed by atoms with Gasteiger partial charge in [-0.2, -0.15) is 4.31 Å². The van der Waals surface area contributed by atoms with Crippen LogP contribution in [0, 0.1) is 5.92 Å². The molecule has 1 aliphatic rings. The lowest BCUT2D eigenvalue weighted by Crippen LogP contribution is -2.43. The molecule has 0 fully saturated rings. The van der Waals surface area contributed by atoms with Gasteiger partial charge in [-0.05, 0) is 53.9 Å². The van der Waals surface area contributed by atoms with E-state index in [1.54, 1.807) is 0 Å². The molecule has 44 heavy (non-hydrogen) atoms. The molecule has 0 saturated carbocycles. The van der Waals surface area contributed by atoms with Crippen LogP contribution in [0.25, 0.3) is 0 Å². The van der Waals surface area contributed by atoms with Gasteiger partial charge in [-0.25, -0.2) is 8.42 Å². The smallest absolute Gasteiger partial charge is 0.231 e. The first kappa shape index (κ1) is 34.2. The van der Waals surface area contributed by atoms with Crippen LogP contribution in [0.15, 0.2) is 78.9 Å². The largest absolute Gasteiger partial charge is 0.454 e. The predicted molar refractivity (Wildman–Crippen MR) is 181 cm³/mol. The van der Waals surface area contributed by atoms with E-state index in [2.05, 4.69) is 33.9 Å². The highest BCUT2D eigenvalue weighted by Crippen LogP contribution is 2.46. The second-order valence-electron chi connectivity index (χ2n) is 13.0. The average Bonchev–Trinajstić information content (AvgIpc) is 3.44. The van der Waals surface area contributed by atoms with E-state index in [9.17, 15) is 13.2 Å². The molecule has 0 unspecified atom stereocenters. The number of sulfonamides is 1. The van der Waals surface area contributed by atoms with Gasteiger partial charge in [0.1, 0.15) is 0 Å². The number of ether oxygens (including phenoxy) is 2. The molecule has 1 aliphatic heterocycles. The lowest BCUT2D eigenvalue weighted by Gasteiger charge is -2.41. The molecule has 0 bridgehead atoms. The highest BCUT2D eigenvalue weighted by atomic mass is 32.2. The number of hydrogen-bond acceptors (Lipinski definition) is 7. The molecule has 10 heteroatoms. The second-order valence-corrected chi connectivity index (χ2v) is 20.8. The Morgan fingerprint density at radius 2 is 1.52 bits per heavy atom. The SMILES string of the molecule is C[C@H](C(=O)S[C@@H](c1ccccc1)[C@@H](C)N(Cc1ccccc1)S(C)(=O)=O)[C@@H](O[Si](C)(C)C(C)(C)C)c1ccc2c(c1)OCO2. The molecule has 0 N–H and O–H groups in total. The average molecular weight is 656 g/mol. The van der Waals surface area contributed by atoms with Crippen molar-refractivity contribution in [2.24, 2.45) is 5.92 Å². The molecule has 238 valence electrons. The van der Waals surface area contributed by atoms with Gasteiger partial charge in [0.2, 0.25) is 16.8 Å². The minimum absolute atomic E-state index is 0.0692. The topological polar surface area (TPSA) is 82.1 Å². The number of nitrogens with zero attached hydrogens (tertiary/aromatic N) is 1. The van der Waals surface area contributed by atoms with Gasteiger partial charge in [0.15, 0.2) is 24.9 Å². The van der Waals surface area contributed by atoms with Crippen molar-refractivity contribution in [3.05, 3.63) is 95.6 Å². The fraction of sp³-hybridized carbons (Fsp3) is 0.441. The fourth-order valence-electron chi connectivity index (χ4n) is 4.96. The Morgan fingerprint density at radius 3 is 2.11 bits per heavy atom. The van der Waals surface area contributed by atoms with Gasteiger partial charge in [0.05, 0.1) is 23.5 Å². The monoisotopic (exact) mass is 655 g/mol. The fourth-order valence-corrected chi connectivity index (χ4v) is 8.71. The number of fused-ring (bicyclic) bond motifs is 1. The van der Waals surface area contributed by atoms with Crippen molar-refractivity contribution in [3.63, 3.8) is 0 Å². The van der Waals surface area contributed by atoms with Crippen LogP contribution >= 0.6 is 11.8 Å². The molecule has 0 radical (unpaired) electrons. The first-order valence-electron chi connectivity index (χ1n) is 14.9. The molecule has 4 rings (SSSR count). The predicted octanol–water partition coefficient (Wildman–Crippen LogP) is 7.97. The Morgan fingerprint density at radius 1 is 0.932 bits per heavy atom. The maximum Gasteiger partial charge on any atom is 0.231 e. The third-order valence-corrected chi connectivity index (χ3v) is 15.9. The van der Waals surface area contributed by atoms with Gasteiger partial charge >= 0.3 is 0 Å². The Hall–Kier alpha value is -2.63. The Bertz CT molecular complexity index is 1530. The summed E-state index contributed by atoms with van der Waals surface area (Å²) >= 11 is 1.19. The highest BCUT2D eigenvalue weighted by Gasteiger charge is 2.43. The van der Waals surface area contributed by atoms with Crippen LogP contribution in [-0.2, 0) is 25.8 Å². The zero-order valence-corrected chi connectivity index (χ0v) is 29.6. The van der Waals surface area contributed by atoms with Crippen molar-refractivity contribution in [2.45, 2.75) is 76.7 Å². The number of hydrogen-bond donors (Lipinski definition) is 0. The molecule has 4 atom stereocenters. The first-order valence-corrected chi connectivity index (χ1v) is 20.6. The third-order valence-electron chi connectivity index (χ3n) is 8.65. The first-order chi connectivity index (χ1) is 20.6. The van der Waals surface area contributed by atoms with Gasteiger partial charge in [-0.3, -0.25) is 4.79 Å². The summed E-state index contributed by atoms with van der Waals surface area (Å²) in [6.07, 6.45) is 0.708. The molecule has 3 aromatic rings. The number of carbonyl (C=O) groups excluding carboxylic acids is 1. The lowest BCUT2D eigenvalue weighted by atomic mass is 9.98. The standard InChI is InChI=1S/C34H45NO6S2Si/c1-24(31(41-44(7,8)34(3,4)5)28-19-20-29-30(21-28)40-23-39-29)33(36)42-32(27-17-13-10-14-18-27)25(2)35(43(6,37)38)22-26-15-11-9-12-16-26/h9-21,24-25,31-32H,22-23H2,1-8H3/t24-,25+,31+,32+/m0/s1. The molecule has 1 heterocycles. The Balaban J connectivity index is 1.69. The van der Waals surface area contributed by atoms with Crippen LogP contribution in [0.1, 0.15) is 62.7 Å². The van der Waals surface area contributed by atoms with E-state index < -0.39 is 41.7 Å². The summed E-state index contributed by atoms with van der Waals surface area (Å²) in [4.78, 5) is 14.3. The molecule has 0 aliphatic carbocycles. The van der Waals surface area contributed by atoms with Crippen molar-refractivity contribution in [2.75, 3.05) is 13.0 Å². The second kappa shape index (κ2) is 13.8. The summed E-state index contributed by atoms with van der Waals surface area (Å²) in [5.41, 5.74) is 2.62. The number of carbonyl (C=O) groups is 1.